The molecule has 1 rings (SSSR count). The van der Waals surface area contributed by atoms with E-state index in [1.807, 2.05) is 12.2 Å². The average molecular weight is 282 g/mol. The molecule has 0 saturated heterocycles. The minimum atomic E-state index is -1.20. The predicted octanol–water partition coefficient (Wildman–Crippen LogP) is 3.40. The third kappa shape index (κ3) is 4.36. The highest BCUT2D eigenvalue weighted by Crippen LogP contribution is 2.38. The molecule has 0 radical (unpaired) electrons. The molecular formula is C16H26O4. The summed E-state index contributed by atoms with van der Waals surface area (Å²) in [4.78, 5) is 25.0. The van der Waals surface area contributed by atoms with Crippen molar-refractivity contribution >= 4 is 11.9 Å². The first-order valence-corrected chi connectivity index (χ1v) is 7.08. The van der Waals surface area contributed by atoms with Gasteiger partial charge in [0, 0.05) is 0 Å². The maximum Gasteiger partial charge on any atom is 0.324 e. The van der Waals surface area contributed by atoms with Gasteiger partial charge >= 0.3 is 11.9 Å². The van der Waals surface area contributed by atoms with E-state index in [1.54, 1.807) is 41.5 Å². The molecule has 0 aromatic rings. The maximum atomic E-state index is 12.5. The smallest absolute Gasteiger partial charge is 0.324 e. The van der Waals surface area contributed by atoms with E-state index in [1.165, 1.54) is 0 Å². The molecule has 0 atom stereocenters. The van der Waals surface area contributed by atoms with Crippen LogP contribution in [0.1, 0.15) is 60.8 Å². The zero-order valence-electron chi connectivity index (χ0n) is 13.4. The van der Waals surface area contributed by atoms with Gasteiger partial charge in [0.15, 0.2) is 5.41 Å². The lowest BCUT2D eigenvalue weighted by atomic mass is 9.76. The molecule has 4 heteroatoms. The number of ether oxygens (including phenoxy) is 2. The van der Waals surface area contributed by atoms with Gasteiger partial charge in [-0.3, -0.25) is 9.59 Å². The van der Waals surface area contributed by atoms with Crippen LogP contribution in [0.15, 0.2) is 12.2 Å². The van der Waals surface area contributed by atoms with E-state index in [2.05, 4.69) is 0 Å². The Bertz CT molecular complexity index is 379. The van der Waals surface area contributed by atoms with Crippen molar-refractivity contribution in [2.75, 3.05) is 0 Å². The summed E-state index contributed by atoms with van der Waals surface area (Å²) < 4.78 is 10.9. The van der Waals surface area contributed by atoms with E-state index in [4.69, 9.17) is 9.47 Å². The van der Waals surface area contributed by atoms with E-state index < -0.39 is 28.6 Å². The number of allylic oxidation sites excluding steroid dienone is 2. The van der Waals surface area contributed by atoms with Gasteiger partial charge in [0.1, 0.15) is 11.2 Å². The monoisotopic (exact) mass is 282 g/mol. The number of rotatable bonds is 2. The van der Waals surface area contributed by atoms with Gasteiger partial charge in [0.05, 0.1) is 0 Å². The lowest BCUT2D eigenvalue weighted by Crippen LogP contribution is -2.47. The molecule has 20 heavy (non-hydrogen) atoms. The summed E-state index contributed by atoms with van der Waals surface area (Å²) in [7, 11) is 0. The molecule has 0 aromatic carbocycles. The number of carbonyl (C=O) groups is 2. The van der Waals surface area contributed by atoms with Crippen LogP contribution in [0.4, 0.5) is 0 Å². The fourth-order valence-corrected chi connectivity index (χ4v) is 2.04. The van der Waals surface area contributed by atoms with Gasteiger partial charge in [0.2, 0.25) is 0 Å². The van der Waals surface area contributed by atoms with Crippen molar-refractivity contribution in [3.05, 3.63) is 12.2 Å². The molecule has 0 bridgehead atoms. The Morgan fingerprint density at radius 2 is 1.35 bits per heavy atom. The van der Waals surface area contributed by atoms with Gasteiger partial charge < -0.3 is 9.47 Å². The predicted molar refractivity (Wildman–Crippen MR) is 77.1 cm³/mol. The molecule has 0 spiro atoms. The molecule has 0 heterocycles. The minimum absolute atomic E-state index is 0.344. The highest BCUT2D eigenvalue weighted by molar-refractivity contribution is 6.00. The quantitative estimate of drug-likeness (QED) is 0.442. The van der Waals surface area contributed by atoms with Crippen LogP contribution in [-0.2, 0) is 19.1 Å². The number of hydrogen-bond acceptors (Lipinski definition) is 4. The van der Waals surface area contributed by atoms with Crippen LogP contribution in [0, 0.1) is 5.41 Å². The zero-order chi connectivity index (χ0) is 15.6. The van der Waals surface area contributed by atoms with E-state index in [0.29, 0.717) is 19.3 Å². The minimum Gasteiger partial charge on any atom is -0.459 e. The van der Waals surface area contributed by atoms with E-state index in [0.717, 1.165) is 0 Å². The van der Waals surface area contributed by atoms with Gasteiger partial charge in [-0.1, -0.05) is 12.2 Å². The summed E-state index contributed by atoms with van der Waals surface area (Å²) >= 11 is 0. The summed E-state index contributed by atoms with van der Waals surface area (Å²) in [5.41, 5.74) is -2.43. The number of hydrogen-bond donors (Lipinski definition) is 0. The first kappa shape index (κ1) is 16.7. The topological polar surface area (TPSA) is 52.6 Å². The Balaban J connectivity index is 3.01. The largest absolute Gasteiger partial charge is 0.459 e. The van der Waals surface area contributed by atoms with Crippen LogP contribution >= 0.6 is 0 Å². The van der Waals surface area contributed by atoms with Gasteiger partial charge in [-0.25, -0.2) is 0 Å². The van der Waals surface area contributed by atoms with E-state index in [-0.39, 0.29) is 0 Å². The van der Waals surface area contributed by atoms with Crippen LogP contribution in [0.2, 0.25) is 0 Å². The Kier molecular flexibility index (Phi) is 4.67. The van der Waals surface area contributed by atoms with Gasteiger partial charge in [-0.15, -0.1) is 0 Å². The van der Waals surface area contributed by atoms with Crippen LogP contribution in [0.3, 0.4) is 0 Å². The third-order valence-corrected chi connectivity index (χ3v) is 2.95. The van der Waals surface area contributed by atoms with Crippen molar-refractivity contribution in [2.24, 2.45) is 5.41 Å². The molecule has 114 valence electrons. The molecule has 1 aliphatic carbocycles. The highest BCUT2D eigenvalue weighted by Gasteiger charge is 2.50. The molecule has 0 N–H and O–H groups in total. The molecule has 0 saturated carbocycles. The Hall–Kier alpha value is -1.32. The van der Waals surface area contributed by atoms with Gasteiger partial charge in [-0.05, 0) is 60.8 Å². The van der Waals surface area contributed by atoms with E-state index >= 15 is 0 Å². The lowest BCUT2D eigenvalue weighted by Gasteiger charge is -2.35. The molecule has 4 nitrogen and oxygen atoms in total. The van der Waals surface area contributed by atoms with Crippen molar-refractivity contribution in [1.29, 1.82) is 0 Å². The lowest BCUT2D eigenvalue weighted by molar-refractivity contribution is -0.186. The summed E-state index contributed by atoms with van der Waals surface area (Å²) in [6, 6.07) is 0. The zero-order valence-corrected chi connectivity index (χ0v) is 13.4. The first-order chi connectivity index (χ1) is 8.96. The summed E-state index contributed by atoms with van der Waals surface area (Å²) in [6.07, 6.45) is 5.30. The van der Waals surface area contributed by atoms with Crippen LogP contribution < -0.4 is 0 Å². The highest BCUT2D eigenvalue weighted by atomic mass is 16.6. The molecule has 0 aliphatic heterocycles. The second-order valence-electron chi connectivity index (χ2n) is 7.30. The summed E-state index contributed by atoms with van der Waals surface area (Å²) in [5.74, 6) is -0.966. The number of carbonyl (C=O) groups excluding carboxylic acids is 2. The fourth-order valence-electron chi connectivity index (χ4n) is 2.04. The maximum absolute atomic E-state index is 12.5. The van der Waals surface area contributed by atoms with Crippen molar-refractivity contribution in [3.8, 4) is 0 Å². The van der Waals surface area contributed by atoms with Crippen LogP contribution in [-0.4, -0.2) is 23.1 Å². The van der Waals surface area contributed by atoms with Crippen LogP contribution in [0.25, 0.3) is 0 Å². The third-order valence-electron chi connectivity index (χ3n) is 2.95. The van der Waals surface area contributed by atoms with Crippen LogP contribution in [0.5, 0.6) is 0 Å². The first-order valence-electron chi connectivity index (χ1n) is 7.08. The second kappa shape index (κ2) is 5.58. The van der Waals surface area contributed by atoms with E-state index in [9.17, 15) is 9.59 Å². The Morgan fingerprint density at radius 1 is 0.900 bits per heavy atom. The SMILES string of the molecule is CC(C)(C)OC(=O)C1(C(=O)OC(C)(C)C)CC=CCC1. The number of esters is 2. The fraction of sp³-hybridized carbons (Fsp3) is 0.750. The Morgan fingerprint density at radius 3 is 1.65 bits per heavy atom. The normalized spacial score (nSPS) is 18.5. The second-order valence-corrected chi connectivity index (χ2v) is 7.30. The summed E-state index contributed by atoms with van der Waals surface area (Å²) in [6.45, 7) is 10.8. The molecule has 0 aromatic heterocycles. The molecular weight excluding hydrogens is 256 g/mol. The van der Waals surface area contributed by atoms with Gasteiger partial charge in [0.25, 0.3) is 0 Å². The molecule has 0 unspecified atom stereocenters. The standard InChI is InChI=1S/C16H26O4/c1-14(2,3)19-12(17)16(10-8-7-9-11-16)13(18)20-15(4,5)6/h7-8H,9-11H2,1-6H3. The Labute approximate surface area is 121 Å². The summed E-state index contributed by atoms with van der Waals surface area (Å²) in [5, 5.41) is 0. The van der Waals surface area contributed by atoms with Crippen molar-refractivity contribution in [1.82, 2.24) is 0 Å². The van der Waals surface area contributed by atoms with Gasteiger partial charge in [-0.2, -0.15) is 0 Å². The average Bonchev–Trinajstić information content (AvgIpc) is 2.25. The molecule has 1 aliphatic rings. The van der Waals surface area contributed by atoms with Crippen molar-refractivity contribution < 1.29 is 19.1 Å². The van der Waals surface area contributed by atoms with Crippen molar-refractivity contribution in [2.45, 2.75) is 72.0 Å². The molecule has 0 fully saturated rings. The molecule has 0 amide bonds. The van der Waals surface area contributed by atoms with Crippen molar-refractivity contribution in [3.63, 3.8) is 0 Å².